The second-order valence-corrected chi connectivity index (χ2v) is 7.43. The summed E-state index contributed by atoms with van der Waals surface area (Å²) in [7, 11) is 0. The van der Waals surface area contributed by atoms with E-state index in [0.717, 1.165) is 22.8 Å². The Bertz CT molecular complexity index is 511. The topological polar surface area (TPSA) is 50.3 Å². The van der Waals surface area contributed by atoms with Gasteiger partial charge < -0.3 is 0 Å². The fraction of sp³-hybridized carbons (Fsp3) is 0.545. The summed E-state index contributed by atoms with van der Waals surface area (Å²) in [4.78, 5) is 30.5. The monoisotopic (exact) mass is 302 g/mol. The van der Waals surface area contributed by atoms with Crippen molar-refractivity contribution in [1.82, 2.24) is 9.88 Å². The fourth-order valence-electron chi connectivity index (χ4n) is 2.45. The van der Waals surface area contributed by atoms with Crippen LogP contribution >= 0.6 is 34.7 Å². The van der Waals surface area contributed by atoms with Crippen molar-refractivity contribution in [2.75, 3.05) is 11.5 Å². The maximum atomic E-state index is 12.4. The number of thioether (sulfide) groups is 1. The summed E-state index contributed by atoms with van der Waals surface area (Å²) in [5.41, 5.74) is -0.420. The predicted octanol–water partition coefficient (Wildman–Crippen LogP) is 2.18. The van der Waals surface area contributed by atoms with Crippen molar-refractivity contribution >= 4 is 46.5 Å². The number of likely N-dealkylation sites (tertiary alicyclic amines) is 1. The van der Waals surface area contributed by atoms with Crippen molar-refractivity contribution < 1.29 is 9.59 Å². The minimum Gasteiger partial charge on any atom is -0.277 e. The molecule has 1 spiro atoms. The zero-order valence-electron chi connectivity index (χ0n) is 9.52. The number of imide groups is 1. The van der Waals surface area contributed by atoms with E-state index in [0.29, 0.717) is 17.4 Å². The van der Waals surface area contributed by atoms with Crippen LogP contribution in [0.2, 0.25) is 4.47 Å². The molecule has 0 saturated carbocycles. The highest BCUT2D eigenvalue weighted by Crippen LogP contribution is 2.45. The van der Waals surface area contributed by atoms with Crippen molar-refractivity contribution in [2.45, 2.75) is 19.4 Å². The quantitative estimate of drug-likeness (QED) is 0.786. The van der Waals surface area contributed by atoms with Gasteiger partial charge in [0.2, 0.25) is 11.8 Å². The zero-order chi connectivity index (χ0) is 12.8. The van der Waals surface area contributed by atoms with E-state index in [4.69, 9.17) is 11.6 Å². The Balaban J connectivity index is 1.80. The van der Waals surface area contributed by atoms with Gasteiger partial charge in [0, 0.05) is 23.2 Å². The summed E-state index contributed by atoms with van der Waals surface area (Å²) in [6.07, 6.45) is 2.81. The van der Waals surface area contributed by atoms with Crippen LogP contribution in [0, 0.1) is 5.41 Å². The van der Waals surface area contributed by atoms with E-state index in [2.05, 4.69) is 4.98 Å². The normalized spacial score (nSPS) is 27.7. The number of hydrogen-bond acceptors (Lipinski definition) is 5. The molecule has 1 unspecified atom stereocenters. The van der Waals surface area contributed by atoms with Crippen LogP contribution in [-0.4, -0.2) is 33.2 Å². The van der Waals surface area contributed by atoms with Crippen molar-refractivity contribution in [3.8, 4) is 0 Å². The Hall–Kier alpha value is -0.590. The number of amides is 2. The zero-order valence-corrected chi connectivity index (χ0v) is 11.9. The molecular formula is C11H11ClN2O2S2. The standard InChI is InChI=1S/C11H11ClN2O2S2/c12-10-13-4-7(18-10)5-14-8(15)3-11(9(14)16)1-2-17-6-11/h4H,1-3,5-6H2. The molecule has 1 aromatic heterocycles. The van der Waals surface area contributed by atoms with Crippen molar-refractivity contribution in [2.24, 2.45) is 5.41 Å². The van der Waals surface area contributed by atoms with Crippen molar-refractivity contribution in [1.29, 1.82) is 0 Å². The molecule has 18 heavy (non-hydrogen) atoms. The van der Waals surface area contributed by atoms with E-state index in [1.807, 2.05) is 0 Å². The number of thiazole rings is 1. The minimum absolute atomic E-state index is 0.0120. The van der Waals surface area contributed by atoms with Crippen LogP contribution in [0.25, 0.3) is 0 Å². The smallest absolute Gasteiger partial charge is 0.237 e. The van der Waals surface area contributed by atoms with Crippen LogP contribution in [0.15, 0.2) is 6.20 Å². The lowest BCUT2D eigenvalue weighted by Gasteiger charge is -2.19. The summed E-state index contributed by atoms with van der Waals surface area (Å²) < 4.78 is 0.440. The summed E-state index contributed by atoms with van der Waals surface area (Å²) in [6.45, 7) is 0.314. The summed E-state index contributed by atoms with van der Waals surface area (Å²) in [6, 6.07) is 0. The maximum absolute atomic E-state index is 12.4. The van der Waals surface area contributed by atoms with Crippen LogP contribution in [-0.2, 0) is 16.1 Å². The number of rotatable bonds is 2. The summed E-state index contributed by atoms with van der Waals surface area (Å²) in [5.74, 6) is 1.67. The molecule has 0 radical (unpaired) electrons. The maximum Gasteiger partial charge on any atom is 0.237 e. The van der Waals surface area contributed by atoms with Crippen LogP contribution in [0.4, 0.5) is 0 Å². The Morgan fingerprint density at radius 1 is 1.50 bits per heavy atom. The Morgan fingerprint density at radius 3 is 2.94 bits per heavy atom. The number of hydrogen-bond donors (Lipinski definition) is 0. The van der Waals surface area contributed by atoms with E-state index >= 15 is 0 Å². The van der Waals surface area contributed by atoms with E-state index in [1.54, 1.807) is 18.0 Å². The summed E-state index contributed by atoms with van der Waals surface area (Å²) >= 11 is 8.83. The van der Waals surface area contributed by atoms with Gasteiger partial charge in [0.25, 0.3) is 0 Å². The molecule has 1 atom stereocenters. The molecule has 2 saturated heterocycles. The highest BCUT2D eigenvalue weighted by Gasteiger charge is 2.52. The van der Waals surface area contributed by atoms with Gasteiger partial charge in [0.15, 0.2) is 4.47 Å². The molecule has 0 N–H and O–H groups in total. The lowest BCUT2D eigenvalue weighted by atomic mass is 9.86. The van der Waals surface area contributed by atoms with Gasteiger partial charge in [-0.3, -0.25) is 14.5 Å². The Labute approximate surface area is 118 Å². The molecule has 7 heteroatoms. The van der Waals surface area contributed by atoms with Crippen molar-refractivity contribution in [3.63, 3.8) is 0 Å². The molecule has 3 rings (SSSR count). The molecule has 0 bridgehead atoms. The average molecular weight is 303 g/mol. The number of carbonyl (C=O) groups is 2. The highest BCUT2D eigenvalue weighted by molar-refractivity contribution is 7.99. The lowest BCUT2D eigenvalue weighted by molar-refractivity contribution is -0.141. The predicted molar refractivity (Wildman–Crippen MR) is 71.7 cm³/mol. The van der Waals surface area contributed by atoms with E-state index in [9.17, 15) is 9.59 Å². The van der Waals surface area contributed by atoms with Gasteiger partial charge in [-0.2, -0.15) is 11.8 Å². The third kappa shape index (κ3) is 1.96. The molecule has 0 aromatic carbocycles. The first-order chi connectivity index (χ1) is 8.61. The molecule has 2 fully saturated rings. The minimum atomic E-state index is -0.420. The van der Waals surface area contributed by atoms with E-state index in [1.165, 1.54) is 16.2 Å². The van der Waals surface area contributed by atoms with Crippen LogP contribution < -0.4 is 0 Å². The first-order valence-corrected chi connectivity index (χ1v) is 7.98. The lowest BCUT2D eigenvalue weighted by Crippen LogP contribution is -2.35. The highest BCUT2D eigenvalue weighted by atomic mass is 35.5. The van der Waals surface area contributed by atoms with Crippen LogP contribution in [0.3, 0.4) is 0 Å². The van der Waals surface area contributed by atoms with E-state index < -0.39 is 5.41 Å². The van der Waals surface area contributed by atoms with E-state index in [-0.39, 0.29) is 11.8 Å². The fourth-order valence-corrected chi connectivity index (χ4v) is 4.85. The van der Waals surface area contributed by atoms with Gasteiger partial charge >= 0.3 is 0 Å². The Morgan fingerprint density at radius 2 is 2.33 bits per heavy atom. The number of nitrogens with zero attached hydrogens (tertiary/aromatic N) is 2. The van der Waals surface area contributed by atoms with Gasteiger partial charge in [0.1, 0.15) is 0 Å². The molecular weight excluding hydrogens is 292 g/mol. The largest absolute Gasteiger partial charge is 0.277 e. The molecule has 4 nitrogen and oxygen atoms in total. The average Bonchev–Trinajstić information content (AvgIpc) is 2.99. The second kappa shape index (κ2) is 4.51. The number of halogens is 1. The molecule has 96 valence electrons. The van der Waals surface area contributed by atoms with Gasteiger partial charge in [-0.15, -0.1) is 11.3 Å². The number of aromatic nitrogens is 1. The van der Waals surface area contributed by atoms with Crippen LogP contribution in [0.1, 0.15) is 17.7 Å². The van der Waals surface area contributed by atoms with Crippen molar-refractivity contribution in [3.05, 3.63) is 15.5 Å². The molecule has 2 aliphatic heterocycles. The first kappa shape index (κ1) is 12.4. The van der Waals surface area contributed by atoms with Gasteiger partial charge in [-0.05, 0) is 12.2 Å². The SMILES string of the molecule is O=C1CC2(CCSC2)C(=O)N1Cc1cnc(Cl)s1. The third-order valence-electron chi connectivity index (χ3n) is 3.43. The molecule has 2 amide bonds. The Kier molecular flexibility index (Phi) is 3.11. The molecule has 3 heterocycles. The molecule has 1 aromatic rings. The summed E-state index contributed by atoms with van der Waals surface area (Å²) in [5, 5.41) is 0. The van der Waals surface area contributed by atoms with Crippen LogP contribution in [0.5, 0.6) is 0 Å². The number of carbonyl (C=O) groups excluding carboxylic acids is 2. The first-order valence-electron chi connectivity index (χ1n) is 5.63. The second-order valence-electron chi connectivity index (χ2n) is 4.62. The van der Waals surface area contributed by atoms with Gasteiger partial charge in [-0.25, -0.2) is 4.98 Å². The van der Waals surface area contributed by atoms with Gasteiger partial charge in [-0.1, -0.05) is 11.6 Å². The molecule has 2 aliphatic rings. The van der Waals surface area contributed by atoms with Gasteiger partial charge in [0.05, 0.1) is 12.0 Å². The molecule has 0 aliphatic carbocycles. The third-order valence-corrected chi connectivity index (χ3v) is 5.78.